The molecule has 1 unspecified atom stereocenters. The Kier molecular flexibility index (Phi) is 3.68. The molecular weight excluding hydrogens is 324 g/mol. The normalized spacial score (nSPS) is 18.3. The van der Waals surface area contributed by atoms with Gasteiger partial charge in [-0.25, -0.2) is 0 Å². The summed E-state index contributed by atoms with van der Waals surface area (Å²) in [6.07, 6.45) is 1.43. The molecule has 3 aromatic heterocycles. The van der Waals surface area contributed by atoms with Gasteiger partial charge >= 0.3 is 0 Å². The van der Waals surface area contributed by atoms with Crippen molar-refractivity contribution in [2.45, 2.75) is 18.9 Å². The van der Waals surface area contributed by atoms with Crippen LogP contribution in [0.5, 0.6) is 0 Å². The second-order valence-electron chi connectivity index (χ2n) is 6.07. The Hall–Kier alpha value is -2.48. The minimum Gasteiger partial charge on any atom is -0.353 e. The van der Waals surface area contributed by atoms with E-state index in [2.05, 4.69) is 15.1 Å². The fraction of sp³-hybridized carbons (Fsp3) is 0.375. The third kappa shape index (κ3) is 2.52. The predicted molar refractivity (Wildman–Crippen MR) is 93.2 cm³/mol. The number of piperidine rings is 1. The summed E-state index contributed by atoms with van der Waals surface area (Å²) in [6, 6.07) is 6.16. The van der Waals surface area contributed by atoms with Gasteiger partial charge in [0.2, 0.25) is 5.91 Å². The molecule has 1 aliphatic heterocycles. The van der Waals surface area contributed by atoms with E-state index in [1.165, 1.54) is 0 Å². The Labute approximate surface area is 143 Å². The summed E-state index contributed by atoms with van der Waals surface area (Å²) >= 11 is 1.62. The standard InChI is InChI=1S/C16H18N6OS/c1-20-9-12(3-6-15(20)23)21(2)14-5-4-13-17-18-16(22(13)19-14)11-7-8-24-10-11/h4-5,7-8,10,12H,3,6,9H2,1-2H3. The molecule has 0 N–H and O–H groups in total. The molecule has 0 aromatic carbocycles. The van der Waals surface area contributed by atoms with E-state index in [0.717, 1.165) is 29.3 Å². The van der Waals surface area contributed by atoms with Crippen LogP contribution in [-0.2, 0) is 4.79 Å². The molecule has 0 saturated carbocycles. The molecule has 0 bridgehead atoms. The lowest BCUT2D eigenvalue weighted by Gasteiger charge is -2.36. The molecule has 1 amide bonds. The highest BCUT2D eigenvalue weighted by Gasteiger charge is 2.26. The first kappa shape index (κ1) is 15.1. The molecule has 124 valence electrons. The van der Waals surface area contributed by atoms with Crippen LogP contribution in [0.1, 0.15) is 12.8 Å². The molecule has 24 heavy (non-hydrogen) atoms. The molecule has 1 saturated heterocycles. The van der Waals surface area contributed by atoms with Crippen molar-refractivity contribution in [3.63, 3.8) is 0 Å². The van der Waals surface area contributed by atoms with Crippen LogP contribution in [0, 0.1) is 0 Å². The molecule has 8 heteroatoms. The average molecular weight is 342 g/mol. The van der Waals surface area contributed by atoms with E-state index in [4.69, 9.17) is 5.10 Å². The summed E-state index contributed by atoms with van der Waals surface area (Å²) in [6.45, 7) is 0.717. The van der Waals surface area contributed by atoms with Gasteiger partial charge in [0.1, 0.15) is 5.82 Å². The lowest BCUT2D eigenvalue weighted by Crippen LogP contribution is -2.47. The average Bonchev–Trinajstić information content (AvgIpc) is 3.24. The van der Waals surface area contributed by atoms with Gasteiger partial charge in [-0.2, -0.15) is 15.9 Å². The minimum atomic E-state index is 0.210. The first-order valence-electron chi connectivity index (χ1n) is 7.85. The van der Waals surface area contributed by atoms with Crippen molar-refractivity contribution in [2.75, 3.05) is 25.5 Å². The number of carbonyl (C=O) groups is 1. The Morgan fingerprint density at radius 3 is 2.92 bits per heavy atom. The summed E-state index contributed by atoms with van der Waals surface area (Å²) in [5, 5.41) is 17.2. The first-order valence-corrected chi connectivity index (χ1v) is 8.79. The van der Waals surface area contributed by atoms with Gasteiger partial charge in [0.25, 0.3) is 0 Å². The molecule has 0 radical (unpaired) electrons. The molecule has 0 aliphatic carbocycles. The van der Waals surface area contributed by atoms with Crippen molar-refractivity contribution < 1.29 is 4.79 Å². The number of rotatable bonds is 3. The maximum Gasteiger partial charge on any atom is 0.222 e. The summed E-state index contributed by atoms with van der Waals surface area (Å²) in [5.41, 5.74) is 1.74. The third-order valence-electron chi connectivity index (χ3n) is 4.54. The second kappa shape index (κ2) is 5.86. The number of hydrogen-bond donors (Lipinski definition) is 0. The van der Waals surface area contributed by atoms with Crippen LogP contribution in [0.25, 0.3) is 17.0 Å². The van der Waals surface area contributed by atoms with Crippen LogP contribution in [0.15, 0.2) is 29.0 Å². The van der Waals surface area contributed by atoms with E-state index in [0.29, 0.717) is 13.0 Å². The molecule has 0 spiro atoms. The number of likely N-dealkylation sites (N-methyl/N-ethyl adjacent to an activating group) is 2. The zero-order chi connectivity index (χ0) is 16.7. The topological polar surface area (TPSA) is 66.6 Å². The number of aromatic nitrogens is 4. The van der Waals surface area contributed by atoms with Crippen LogP contribution in [-0.4, -0.2) is 57.3 Å². The molecule has 1 aliphatic rings. The monoisotopic (exact) mass is 342 g/mol. The highest BCUT2D eigenvalue weighted by Crippen LogP contribution is 2.23. The van der Waals surface area contributed by atoms with Crippen LogP contribution in [0.3, 0.4) is 0 Å². The molecule has 7 nitrogen and oxygen atoms in total. The van der Waals surface area contributed by atoms with Gasteiger partial charge in [0.15, 0.2) is 11.5 Å². The van der Waals surface area contributed by atoms with Crippen molar-refractivity contribution in [1.29, 1.82) is 0 Å². The molecule has 1 fully saturated rings. The van der Waals surface area contributed by atoms with Gasteiger partial charge in [-0.1, -0.05) is 0 Å². The SMILES string of the molecule is CN1CC(N(C)c2ccc3nnc(-c4ccsc4)n3n2)CCC1=O. The Bertz CT molecular complexity index is 874. The Balaban J connectivity index is 1.67. The van der Waals surface area contributed by atoms with E-state index in [-0.39, 0.29) is 11.9 Å². The number of nitrogens with zero attached hydrogens (tertiary/aromatic N) is 6. The van der Waals surface area contributed by atoms with E-state index >= 15 is 0 Å². The fourth-order valence-electron chi connectivity index (χ4n) is 3.03. The molecule has 4 rings (SSSR count). The number of anilines is 1. The molecule has 1 atom stereocenters. The lowest BCUT2D eigenvalue weighted by molar-refractivity contribution is -0.132. The fourth-order valence-corrected chi connectivity index (χ4v) is 3.67. The highest BCUT2D eigenvalue weighted by atomic mass is 32.1. The number of amides is 1. The van der Waals surface area contributed by atoms with E-state index in [1.807, 2.05) is 43.1 Å². The lowest BCUT2D eigenvalue weighted by atomic mass is 10.0. The number of thiophene rings is 1. The molecule has 3 aromatic rings. The summed E-state index contributed by atoms with van der Waals surface area (Å²) in [4.78, 5) is 15.6. The van der Waals surface area contributed by atoms with Crippen LogP contribution >= 0.6 is 11.3 Å². The van der Waals surface area contributed by atoms with Crippen molar-refractivity contribution in [3.05, 3.63) is 29.0 Å². The quantitative estimate of drug-likeness (QED) is 0.727. The zero-order valence-corrected chi connectivity index (χ0v) is 14.4. The number of hydrogen-bond acceptors (Lipinski definition) is 6. The van der Waals surface area contributed by atoms with Gasteiger partial charge in [-0.15, -0.1) is 15.3 Å². The second-order valence-corrected chi connectivity index (χ2v) is 6.85. The van der Waals surface area contributed by atoms with E-state index in [1.54, 1.807) is 20.8 Å². The first-order chi connectivity index (χ1) is 11.6. The predicted octanol–water partition coefficient (Wildman–Crippen LogP) is 1.91. The molecular formula is C16H18N6OS. The van der Waals surface area contributed by atoms with Crippen molar-refractivity contribution in [1.82, 2.24) is 24.7 Å². The number of likely N-dealkylation sites (tertiary alicyclic amines) is 1. The van der Waals surface area contributed by atoms with Crippen molar-refractivity contribution in [3.8, 4) is 11.4 Å². The van der Waals surface area contributed by atoms with Crippen molar-refractivity contribution in [2.24, 2.45) is 0 Å². The Morgan fingerprint density at radius 2 is 2.17 bits per heavy atom. The summed E-state index contributed by atoms with van der Waals surface area (Å²) in [7, 11) is 3.88. The van der Waals surface area contributed by atoms with Gasteiger partial charge in [0.05, 0.1) is 0 Å². The smallest absolute Gasteiger partial charge is 0.222 e. The van der Waals surface area contributed by atoms with Crippen LogP contribution in [0.4, 0.5) is 5.82 Å². The van der Waals surface area contributed by atoms with Gasteiger partial charge in [-0.05, 0) is 30.0 Å². The number of carbonyl (C=O) groups excluding carboxylic acids is 1. The van der Waals surface area contributed by atoms with Gasteiger partial charge < -0.3 is 9.80 Å². The summed E-state index contributed by atoms with van der Waals surface area (Å²) < 4.78 is 1.78. The van der Waals surface area contributed by atoms with Gasteiger partial charge in [0, 0.05) is 44.0 Å². The third-order valence-corrected chi connectivity index (χ3v) is 5.22. The van der Waals surface area contributed by atoms with Gasteiger partial charge in [-0.3, -0.25) is 4.79 Å². The highest BCUT2D eigenvalue weighted by molar-refractivity contribution is 7.08. The maximum atomic E-state index is 11.7. The van der Waals surface area contributed by atoms with Crippen LogP contribution < -0.4 is 4.90 Å². The van der Waals surface area contributed by atoms with Crippen LogP contribution in [0.2, 0.25) is 0 Å². The van der Waals surface area contributed by atoms with Crippen molar-refractivity contribution >= 4 is 28.7 Å². The summed E-state index contributed by atoms with van der Waals surface area (Å²) in [5.74, 6) is 1.81. The minimum absolute atomic E-state index is 0.210. The maximum absolute atomic E-state index is 11.7. The Morgan fingerprint density at radius 1 is 1.29 bits per heavy atom. The molecule has 4 heterocycles. The van der Waals surface area contributed by atoms with E-state index in [9.17, 15) is 4.79 Å². The van der Waals surface area contributed by atoms with E-state index < -0.39 is 0 Å². The largest absolute Gasteiger partial charge is 0.353 e. The number of fused-ring (bicyclic) bond motifs is 1. The zero-order valence-electron chi connectivity index (χ0n) is 13.6.